The van der Waals surface area contributed by atoms with E-state index in [4.69, 9.17) is 15.3 Å². The summed E-state index contributed by atoms with van der Waals surface area (Å²) in [7, 11) is 0. The van der Waals surface area contributed by atoms with Crippen LogP contribution in [0, 0.1) is 0 Å². The van der Waals surface area contributed by atoms with E-state index in [9.17, 15) is 9.59 Å². The van der Waals surface area contributed by atoms with Crippen LogP contribution in [0.15, 0.2) is 26.2 Å². The van der Waals surface area contributed by atoms with E-state index in [1.54, 1.807) is 12.1 Å². The van der Waals surface area contributed by atoms with E-state index in [1.807, 2.05) is 0 Å². The van der Waals surface area contributed by atoms with Gasteiger partial charge in [-0.1, -0.05) is 0 Å². The SMILES string of the molecule is NC1(C(=O)O)CSc2cc3oc(=O)[nH]c3cc2C1. The van der Waals surface area contributed by atoms with Gasteiger partial charge < -0.3 is 15.3 Å². The number of thioether (sulfide) groups is 1. The first-order chi connectivity index (χ1) is 8.48. The predicted octanol–water partition coefficient (Wildman–Crippen LogP) is 0.551. The summed E-state index contributed by atoms with van der Waals surface area (Å²) in [5.41, 5.74) is 6.46. The molecule has 18 heavy (non-hydrogen) atoms. The molecule has 1 unspecified atom stereocenters. The van der Waals surface area contributed by atoms with Gasteiger partial charge in [-0.2, -0.15) is 0 Å². The minimum Gasteiger partial charge on any atom is -0.480 e. The molecule has 0 amide bonds. The second-order valence-corrected chi connectivity index (χ2v) is 5.41. The fourth-order valence-electron chi connectivity index (χ4n) is 2.03. The molecule has 6 nitrogen and oxygen atoms in total. The van der Waals surface area contributed by atoms with E-state index in [1.165, 1.54) is 11.8 Å². The average molecular weight is 266 g/mol. The van der Waals surface area contributed by atoms with Crippen molar-refractivity contribution in [3.05, 3.63) is 28.2 Å². The summed E-state index contributed by atoms with van der Waals surface area (Å²) in [5.74, 6) is -1.23. The molecule has 0 spiro atoms. The van der Waals surface area contributed by atoms with Crippen LogP contribution in [0.1, 0.15) is 5.56 Å². The molecule has 1 aromatic carbocycles. The highest BCUT2D eigenvalue weighted by atomic mass is 32.2. The van der Waals surface area contributed by atoms with Crippen molar-refractivity contribution in [2.75, 3.05) is 5.75 Å². The molecule has 0 saturated heterocycles. The lowest BCUT2D eigenvalue weighted by Gasteiger charge is -2.29. The maximum Gasteiger partial charge on any atom is 0.417 e. The van der Waals surface area contributed by atoms with Gasteiger partial charge in [-0.25, -0.2) is 4.79 Å². The van der Waals surface area contributed by atoms with Gasteiger partial charge in [-0.15, -0.1) is 11.8 Å². The van der Waals surface area contributed by atoms with Crippen LogP contribution in [-0.4, -0.2) is 27.4 Å². The highest BCUT2D eigenvalue weighted by Crippen LogP contribution is 2.36. The Morgan fingerprint density at radius 1 is 1.56 bits per heavy atom. The number of fused-ring (bicyclic) bond motifs is 2. The Kier molecular flexibility index (Phi) is 2.29. The first kappa shape index (κ1) is 11.4. The molecule has 0 fully saturated rings. The fraction of sp³-hybridized carbons (Fsp3) is 0.273. The number of rotatable bonds is 1. The second-order valence-electron chi connectivity index (χ2n) is 4.40. The summed E-state index contributed by atoms with van der Waals surface area (Å²) in [5, 5.41) is 9.13. The van der Waals surface area contributed by atoms with Gasteiger partial charge in [0, 0.05) is 17.1 Å². The molecule has 1 aliphatic heterocycles. The van der Waals surface area contributed by atoms with Crippen LogP contribution < -0.4 is 11.5 Å². The molecule has 0 bridgehead atoms. The second kappa shape index (κ2) is 3.63. The van der Waals surface area contributed by atoms with E-state index < -0.39 is 17.3 Å². The van der Waals surface area contributed by atoms with Gasteiger partial charge in [0.15, 0.2) is 5.58 Å². The molecule has 2 heterocycles. The van der Waals surface area contributed by atoms with Crippen molar-refractivity contribution in [3.63, 3.8) is 0 Å². The lowest BCUT2D eigenvalue weighted by atomic mass is 9.93. The number of aromatic nitrogens is 1. The molecule has 94 valence electrons. The zero-order chi connectivity index (χ0) is 12.9. The number of carbonyl (C=O) groups is 1. The molecule has 7 heteroatoms. The molecule has 1 atom stereocenters. The molecular formula is C11H10N2O4S. The number of aliphatic carboxylic acids is 1. The summed E-state index contributed by atoms with van der Waals surface area (Å²) in [4.78, 5) is 25.7. The maximum atomic E-state index is 11.1. The third-order valence-corrected chi connectivity index (χ3v) is 4.37. The van der Waals surface area contributed by atoms with Crippen molar-refractivity contribution >= 4 is 28.8 Å². The van der Waals surface area contributed by atoms with E-state index in [0.29, 0.717) is 16.9 Å². The number of hydrogen-bond acceptors (Lipinski definition) is 5. The molecular weight excluding hydrogens is 256 g/mol. The monoisotopic (exact) mass is 266 g/mol. The van der Waals surface area contributed by atoms with Crippen molar-refractivity contribution in [3.8, 4) is 0 Å². The lowest BCUT2D eigenvalue weighted by molar-refractivity contribution is -0.142. The Balaban J connectivity index is 2.13. The summed E-state index contributed by atoms with van der Waals surface area (Å²) >= 11 is 1.37. The van der Waals surface area contributed by atoms with Gasteiger partial charge >= 0.3 is 11.7 Å². The third kappa shape index (κ3) is 1.63. The van der Waals surface area contributed by atoms with E-state index in [-0.39, 0.29) is 6.42 Å². The molecule has 2 aromatic rings. The molecule has 1 aromatic heterocycles. The fourth-order valence-corrected chi connectivity index (χ4v) is 3.18. The van der Waals surface area contributed by atoms with E-state index >= 15 is 0 Å². The number of nitrogens with one attached hydrogen (secondary N) is 1. The van der Waals surface area contributed by atoms with Crippen LogP contribution in [0.2, 0.25) is 0 Å². The van der Waals surface area contributed by atoms with Crippen molar-refractivity contribution < 1.29 is 14.3 Å². The number of carboxylic acids is 1. The number of benzene rings is 1. The number of H-pyrrole nitrogens is 1. The van der Waals surface area contributed by atoms with E-state index in [2.05, 4.69) is 4.98 Å². The van der Waals surface area contributed by atoms with Crippen LogP contribution in [-0.2, 0) is 11.2 Å². The summed E-state index contributed by atoms with van der Waals surface area (Å²) in [6.07, 6.45) is 0.244. The number of oxazole rings is 1. The Labute approximate surface area is 105 Å². The third-order valence-electron chi connectivity index (χ3n) is 3.02. The zero-order valence-corrected chi connectivity index (χ0v) is 10.0. The molecule has 4 N–H and O–H groups in total. The van der Waals surface area contributed by atoms with Crippen molar-refractivity contribution in [1.29, 1.82) is 0 Å². The van der Waals surface area contributed by atoms with Gasteiger partial charge in [0.1, 0.15) is 5.54 Å². The number of aromatic amines is 1. The topological polar surface area (TPSA) is 109 Å². The Hall–Kier alpha value is -1.73. The summed E-state index contributed by atoms with van der Waals surface area (Å²) in [6, 6.07) is 3.47. The number of carboxylic acid groups (broad SMARTS) is 1. The van der Waals surface area contributed by atoms with Crippen LogP contribution in [0.4, 0.5) is 0 Å². The van der Waals surface area contributed by atoms with Crippen LogP contribution in [0.5, 0.6) is 0 Å². The predicted molar refractivity (Wildman–Crippen MR) is 65.8 cm³/mol. The summed E-state index contributed by atoms with van der Waals surface area (Å²) in [6.45, 7) is 0. The largest absolute Gasteiger partial charge is 0.480 e. The van der Waals surface area contributed by atoms with Gasteiger partial charge in [0.05, 0.1) is 5.52 Å². The first-order valence-electron chi connectivity index (χ1n) is 5.29. The van der Waals surface area contributed by atoms with Crippen molar-refractivity contribution in [2.24, 2.45) is 5.73 Å². The molecule has 3 rings (SSSR count). The van der Waals surface area contributed by atoms with Crippen molar-refractivity contribution in [1.82, 2.24) is 4.98 Å². The van der Waals surface area contributed by atoms with Gasteiger partial charge in [-0.3, -0.25) is 9.78 Å². The highest BCUT2D eigenvalue weighted by molar-refractivity contribution is 7.99. The van der Waals surface area contributed by atoms with Crippen LogP contribution >= 0.6 is 11.8 Å². The maximum absolute atomic E-state index is 11.1. The Bertz CT molecular complexity index is 705. The summed E-state index contributed by atoms with van der Waals surface area (Å²) < 4.78 is 4.96. The van der Waals surface area contributed by atoms with Crippen LogP contribution in [0.25, 0.3) is 11.1 Å². The number of hydrogen-bond donors (Lipinski definition) is 3. The lowest BCUT2D eigenvalue weighted by Crippen LogP contribution is -2.53. The smallest absolute Gasteiger partial charge is 0.417 e. The highest BCUT2D eigenvalue weighted by Gasteiger charge is 2.38. The van der Waals surface area contributed by atoms with Gasteiger partial charge in [0.25, 0.3) is 0 Å². The molecule has 0 aliphatic carbocycles. The average Bonchev–Trinajstić information content (AvgIpc) is 2.65. The Morgan fingerprint density at radius 2 is 2.33 bits per heavy atom. The Morgan fingerprint density at radius 3 is 3.06 bits per heavy atom. The van der Waals surface area contributed by atoms with Crippen molar-refractivity contribution in [2.45, 2.75) is 16.9 Å². The first-order valence-corrected chi connectivity index (χ1v) is 6.27. The van der Waals surface area contributed by atoms with Gasteiger partial charge in [0.2, 0.25) is 0 Å². The number of nitrogens with two attached hydrogens (primary N) is 1. The molecule has 1 aliphatic rings. The van der Waals surface area contributed by atoms with E-state index in [0.717, 1.165) is 10.5 Å². The minimum absolute atomic E-state index is 0.244. The molecule has 0 saturated carbocycles. The van der Waals surface area contributed by atoms with Crippen LogP contribution in [0.3, 0.4) is 0 Å². The standard InChI is InChI=1S/C11H10N2O4S/c12-11(9(14)15)3-5-1-6-7(17-10(16)13-6)2-8(5)18-4-11/h1-2H,3-4,12H2,(H,13,16)(H,14,15). The quantitative estimate of drug-likeness (QED) is 0.695. The molecule has 0 radical (unpaired) electrons. The van der Waals surface area contributed by atoms with Gasteiger partial charge in [-0.05, 0) is 17.7 Å². The minimum atomic E-state index is -1.25. The normalized spacial score (nSPS) is 22.9. The zero-order valence-electron chi connectivity index (χ0n) is 9.23.